The van der Waals surface area contributed by atoms with Crippen molar-refractivity contribution in [2.24, 2.45) is 0 Å². The number of hydrogen-bond donors (Lipinski definition) is 1. The molecule has 5 nitrogen and oxygen atoms in total. The first-order chi connectivity index (χ1) is 9.83. The number of aryl methyl sites for hydroxylation is 1. The van der Waals surface area contributed by atoms with Crippen LogP contribution in [0, 0.1) is 6.92 Å². The van der Waals surface area contributed by atoms with E-state index in [0.29, 0.717) is 13.0 Å². The first-order valence-corrected chi connectivity index (χ1v) is 8.43. The van der Waals surface area contributed by atoms with Gasteiger partial charge in [0.2, 0.25) is 9.84 Å². The second kappa shape index (κ2) is 5.87. The summed E-state index contributed by atoms with van der Waals surface area (Å²) in [4.78, 5) is 23.6. The van der Waals surface area contributed by atoms with Gasteiger partial charge in [0.15, 0.2) is 12.1 Å². The van der Waals surface area contributed by atoms with Gasteiger partial charge in [0.05, 0.1) is 10.9 Å². The lowest BCUT2D eigenvalue weighted by Crippen LogP contribution is -2.50. The second-order valence-corrected chi connectivity index (χ2v) is 8.04. The minimum absolute atomic E-state index is 0.0199. The number of Topliss-reactive ketones (excluding diaryl/α,β-unsaturated/α-hetero) is 1. The van der Waals surface area contributed by atoms with Gasteiger partial charge in [0.25, 0.3) is 4.21 Å². The lowest BCUT2D eigenvalue weighted by atomic mass is 10.1. The van der Waals surface area contributed by atoms with Crippen molar-refractivity contribution in [3.63, 3.8) is 0 Å². The Morgan fingerprint density at radius 2 is 2.00 bits per heavy atom. The Morgan fingerprint density at radius 1 is 1.38 bits per heavy atom. The zero-order valence-corrected chi connectivity index (χ0v) is 13.1. The Bertz CT molecular complexity index is 650. The van der Waals surface area contributed by atoms with E-state index in [4.69, 9.17) is 11.6 Å². The van der Waals surface area contributed by atoms with E-state index in [-0.39, 0.29) is 11.2 Å². The van der Waals surface area contributed by atoms with Crippen molar-refractivity contribution in [1.82, 2.24) is 5.32 Å². The van der Waals surface area contributed by atoms with E-state index in [1.807, 2.05) is 0 Å². The van der Waals surface area contributed by atoms with Gasteiger partial charge < -0.3 is 5.32 Å². The number of nitrogens with one attached hydrogen (secondary N) is 1. The van der Waals surface area contributed by atoms with Gasteiger partial charge in [-0.3, -0.25) is 9.59 Å². The van der Waals surface area contributed by atoms with E-state index in [0.717, 1.165) is 12.0 Å². The molecule has 0 aromatic heterocycles. The zero-order valence-electron chi connectivity index (χ0n) is 11.5. The molecule has 1 unspecified atom stereocenters. The first-order valence-electron chi connectivity index (χ1n) is 6.57. The number of alkyl halides is 1. The Labute approximate surface area is 128 Å². The van der Waals surface area contributed by atoms with Crippen molar-refractivity contribution in [3.8, 4) is 0 Å². The number of carbonyl (C=O) groups is 2. The molecule has 1 heterocycles. The van der Waals surface area contributed by atoms with Crippen LogP contribution in [-0.4, -0.2) is 37.3 Å². The number of halogens is 1. The van der Waals surface area contributed by atoms with Crippen LogP contribution >= 0.6 is 11.6 Å². The summed E-state index contributed by atoms with van der Waals surface area (Å²) in [7, 11) is -4.30. The van der Waals surface area contributed by atoms with Crippen LogP contribution in [0.4, 0.5) is 0 Å². The standard InChI is InChI=1S/C14H16ClNO4S/c1-10-4-6-11(7-5-10)21(19,20)14(15,9-17)13(18)12-3-2-8-16-12/h4-7,9,12,16H,2-3,8H2,1H3/t12-,14?/m1/s1. The summed E-state index contributed by atoms with van der Waals surface area (Å²) in [5, 5.41) is 2.87. The van der Waals surface area contributed by atoms with Crippen LogP contribution in [0.15, 0.2) is 29.2 Å². The van der Waals surface area contributed by atoms with Crippen LogP contribution in [-0.2, 0) is 19.4 Å². The molecule has 1 N–H and O–H groups in total. The van der Waals surface area contributed by atoms with Crippen LogP contribution in [0.3, 0.4) is 0 Å². The van der Waals surface area contributed by atoms with Crippen LogP contribution < -0.4 is 5.32 Å². The maximum absolute atomic E-state index is 12.6. The Hall–Kier alpha value is -1.24. The van der Waals surface area contributed by atoms with Gasteiger partial charge in [-0.2, -0.15) is 0 Å². The summed E-state index contributed by atoms with van der Waals surface area (Å²) in [5.41, 5.74) is 0.865. The quantitative estimate of drug-likeness (QED) is 0.499. The molecule has 21 heavy (non-hydrogen) atoms. The van der Waals surface area contributed by atoms with Crippen molar-refractivity contribution in [2.75, 3.05) is 6.54 Å². The molecule has 0 bridgehead atoms. The molecule has 0 amide bonds. The van der Waals surface area contributed by atoms with E-state index in [9.17, 15) is 18.0 Å². The van der Waals surface area contributed by atoms with Crippen LogP contribution in [0.5, 0.6) is 0 Å². The highest BCUT2D eigenvalue weighted by Gasteiger charge is 2.52. The van der Waals surface area contributed by atoms with E-state index < -0.39 is 25.9 Å². The summed E-state index contributed by atoms with van der Waals surface area (Å²) >= 11 is 5.97. The molecular weight excluding hydrogens is 314 g/mol. The highest BCUT2D eigenvalue weighted by molar-refractivity contribution is 7.95. The van der Waals surface area contributed by atoms with Gasteiger partial charge in [-0.25, -0.2) is 8.42 Å². The Balaban J connectivity index is 2.44. The van der Waals surface area contributed by atoms with Crippen LogP contribution in [0.25, 0.3) is 0 Å². The summed E-state index contributed by atoms with van der Waals surface area (Å²) in [6.07, 6.45) is 1.24. The van der Waals surface area contributed by atoms with Crippen LogP contribution in [0.1, 0.15) is 18.4 Å². The molecule has 1 fully saturated rings. The number of carbonyl (C=O) groups excluding carboxylic acids is 2. The summed E-state index contributed by atoms with van der Waals surface area (Å²) in [5.74, 6) is -0.808. The fourth-order valence-corrected chi connectivity index (χ4v) is 4.06. The lowest BCUT2D eigenvalue weighted by molar-refractivity contribution is -0.124. The molecular formula is C14H16ClNO4S. The molecule has 1 aliphatic heterocycles. The summed E-state index contributed by atoms with van der Waals surface area (Å²) in [6.45, 7) is 2.41. The summed E-state index contributed by atoms with van der Waals surface area (Å²) in [6, 6.07) is 5.18. The number of sulfone groups is 1. The fourth-order valence-electron chi connectivity index (χ4n) is 2.29. The molecule has 7 heteroatoms. The molecule has 0 saturated carbocycles. The highest BCUT2D eigenvalue weighted by atomic mass is 35.5. The molecule has 0 spiro atoms. The minimum atomic E-state index is -4.30. The number of benzene rings is 1. The van der Waals surface area contributed by atoms with Gasteiger partial charge in [0.1, 0.15) is 0 Å². The maximum Gasteiger partial charge on any atom is 0.263 e. The molecule has 114 valence electrons. The number of hydrogen-bond acceptors (Lipinski definition) is 5. The van der Waals surface area contributed by atoms with Gasteiger partial charge in [0, 0.05) is 0 Å². The van der Waals surface area contributed by atoms with Crippen molar-refractivity contribution < 1.29 is 18.0 Å². The number of rotatable bonds is 5. The fraction of sp³-hybridized carbons (Fsp3) is 0.429. The third kappa shape index (κ3) is 2.75. The van der Waals surface area contributed by atoms with Gasteiger partial charge >= 0.3 is 0 Å². The van der Waals surface area contributed by atoms with E-state index in [2.05, 4.69) is 5.32 Å². The molecule has 1 saturated heterocycles. The van der Waals surface area contributed by atoms with Gasteiger partial charge in [-0.05, 0) is 38.4 Å². The third-order valence-electron chi connectivity index (χ3n) is 3.59. The van der Waals surface area contributed by atoms with E-state index >= 15 is 0 Å². The second-order valence-electron chi connectivity index (χ2n) is 5.09. The smallest absolute Gasteiger partial charge is 0.263 e. The molecule has 0 radical (unpaired) electrons. The topological polar surface area (TPSA) is 80.3 Å². The normalized spacial score (nSPS) is 21.7. The lowest BCUT2D eigenvalue weighted by Gasteiger charge is -2.23. The average molecular weight is 330 g/mol. The Kier molecular flexibility index (Phi) is 4.51. The molecule has 2 atom stereocenters. The predicted molar refractivity (Wildman–Crippen MR) is 79.0 cm³/mol. The van der Waals surface area contributed by atoms with Crippen LogP contribution in [0.2, 0.25) is 0 Å². The highest BCUT2D eigenvalue weighted by Crippen LogP contribution is 2.31. The SMILES string of the molecule is Cc1ccc(S(=O)(=O)C(Cl)(C=O)C(=O)[C@H]2CCCN2)cc1. The third-order valence-corrected chi connectivity index (χ3v) is 6.44. The van der Waals surface area contributed by atoms with Crippen molar-refractivity contribution in [1.29, 1.82) is 0 Å². The number of aldehydes is 1. The maximum atomic E-state index is 12.6. The van der Waals surface area contributed by atoms with Gasteiger partial charge in [-0.1, -0.05) is 29.3 Å². The molecule has 1 aliphatic rings. The largest absolute Gasteiger partial charge is 0.307 e. The van der Waals surface area contributed by atoms with Gasteiger partial charge in [-0.15, -0.1) is 0 Å². The Morgan fingerprint density at radius 3 is 2.48 bits per heavy atom. The zero-order chi connectivity index (χ0) is 15.7. The van der Waals surface area contributed by atoms with E-state index in [1.165, 1.54) is 12.1 Å². The first kappa shape index (κ1) is 16.1. The monoisotopic (exact) mass is 329 g/mol. The minimum Gasteiger partial charge on any atom is -0.307 e. The average Bonchev–Trinajstić information content (AvgIpc) is 3.00. The molecule has 2 rings (SSSR count). The molecule has 1 aromatic carbocycles. The summed E-state index contributed by atoms with van der Waals surface area (Å²) < 4.78 is 22.6. The van der Waals surface area contributed by atoms with Crippen molar-refractivity contribution >= 4 is 33.5 Å². The van der Waals surface area contributed by atoms with E-state index in [1.54, 1.807) is 19.1 Å². The van der Waals surface area contributed by atoms with Crippen molar-refractivity contribution in [3.05, 3.63) is 29.8 Å². The number of ketones is 1. The molecule has 1 aromatic rings. The van der Waals surface area contributed by atoms with Crippen molar-refractivity contribution in [2.45, 2.75) is 34.9 Å². The predicted octanol–water partition coefficient (Wildman–Crippen LogP) is 1.22. The molecule has 0 aliphatic carbocycles.